The van der Waals surface area contributed by atoms with Crippen molar-refractivity contribution in [3.63, 3.8) is 0 Å². The Bertz CT molecular complexity index is 835. The summed E-state index contributed by atoms with van der Waals surface area (Å²) in [6.45, 7) is 2.33. The second-order valence-electron chi connectivity index (χ2n) is 6.28. The van der Waals surface area contributed by atoms with Crippen molar-refractivity contribution >= 4 is 46.3 Å². The first-order chi connectivity index (χ1) is 13.5. The zero-order chi connectivity index (χ0) is 19.9. The lowest BCUT2D eigenvalue weighted by Gasteiger charge is -2.36. The van der Waals surface area contributed by atoms with Crippen molar-refractivity contribution in [2.24, 2.45) is 0 Å². The Morgan fingerprint density at radius 3 is 2.46 bits per heavy atom. The molecule has 0 spiro atoms. The van der Waals surface area contributed by atoms with Crippen LogP contribution in [0, 0.1) is 0 Å². The summed E-state index contributed by atoms with van der Waals surface area (Å²) < 4.78 is 0. The monoisotopic (exact) mass is 420 g/mol. The smallest absolute Gasteiger partial charge is 0.261 e. The second kappa shape index (κ2) is 9.57. The van der Waals surface area contributed by atoms with Crippen LogP contribution in [0.5, 0.6) is 0 Å². The molecule has 148 valence electrons. The molecule has 0 aliphatic carbocycles. The van der Waals surface area contributed by atoms with E-state index in [0.29, 0.717) is 36.1 Å². The molecular formula is C19H21ClN4O3S. The molecule has 28 heavy (non-hydrogen) atoms. The highest BCUT2D eigenvalue weighted by atomic mass is 35.5. The number of rotatable bonds is 6. The van der Waals surface area contributed by atoms with Gasteiger partial charge in [0.2, 0.25) is 11.8 Å². The molecule has 1 saturated heterocycles. The van der Waals surface area contributed by atoms with Gasteiger partial charge in [0, 0.05) is 36.9 Å². The maximum Gasteiger partial charge on any atom is 0.261 e. The number of amides is 3. The number of piperazine rings is 1. The highest BCUT2D eigenvalue weighted by Crippen LogP contribution is 2.20. The minimum absolute atomic E-state index is 0.0785. The molecule has 1 aromatic carbocycles. The van der Waals surface area contributed by atoms with Gasteiger partial charge >= 0.3 is 0 Å². The summed E-state index contributed by atoms with van der Waals surface area (Å²) in [7, 11) is 0. The summed E-state index contributed by atoms with van der Waals surface area (Å²) in [4.78, 5) is 40.4. The van der Waals surface area contributed by atoms with E-state index in [0.717, 1.165) is 5.69 Å². The fraction of sp³-hybridized carbons (Fsp3) is 0.316. The average Bonchev–Trinajstić information content (AvgIpc) is 3.25. The van der Waals surface area contributed by atoms with E-state index in [-0.39, 0.29) is 24.9 Å². The van der Waals surface area contributed by atoms with Crippen molar-refractivity contribution in [2.45, 2.75) is 0 Å². The van der Waals surface area contributed by atoms with E-state index in [4.69, 9.17) is 11.6 Å². The third-order valence-corrected chi connectivity index (χ3v) is 5.50. The predicted octanol–water partition coefficient (Wildman–Crippen LogP) is 1.60. The van der Waals surface area contributed by atoms with Crippen LogP contribution in [0.1, 0.15) is 9.67 Å². The van der Waals surface area contributed by atoms with Crippen LogP contribution in [0.25, 0.3) is 0 Å². The van der Waals surface area contributed by atoms with E-state index in [1.807, 2.05) is 24.3 Å². The third kappa shape index (κ3) is 5.46. The van der Waals surface area contributed by atoms with Gasteiger partial charge in [0.15, 0.2) is 0 Å². The van der Waals surface area contributed by atoms with Crippen LogP contribution in [0.3, 0.4) is 0 Å². The number of nitrogens with one attached hydrogen (secondary N) is 2. The zero-order valence-electron chi connectivity index (χ0n) is 15.2. The number of benzene rings is 1. The van der Waals surface area contributed by atoms with Crippen LogP contribution in [0.15, 0.2) is 41.8 Å². The molecule has 2 N–H and O–H groups in total. The van der Waals surface area contributed by atoms with Gasteiger partial charge in [-0.1, -0.05) is 23.7 Å². The molecule has 0 radical (unpaired) electrons. The van der Waals surface area contributed by atoms with E-state index >= 15 is 0 Å². The van der Waals surface area contributed by atoms with Gasteiger partial charge in [-0.15, -0.1) is 11.3 Å². The lowest BCUT2D eigenvalue weighted by molar-refractivity contribution is -0.132. The van der Waals surface area contributed by atoms with E-state index in [1.54, 1.807) is 22.4 Å². The van der Waals surface area contributed by atoms with Gasteiger partial charge in [-0.3, -0.25) is 14.4 Å². The molecule has 0 atom stereocenters. The van der Waals surface area contributed by atoms with Crippen molar-refractivity contribution in [2.75, 3.05) is 44.2 Å². The van der Waals surface area contributed by atoms with Gasteiger partial charge in [0.05, 0.1) is 18.0 Å². The van der Waals surface area contributed by atoms with Gasteiger partial charge < -0.3 is 20.4 Å². The summed E-state index contributed by atoms with van der Waals surface area (Å²) in [6.07, 6.45) is 0. The molecule has 1 aliphatic heterocycles. The summed E-state index contributed by atoms with van der Waals surface area (Å²) in [5.74, 6) is -0.826. The standard InChI is InChI=1S/C19H21ClN4O3S/c20-14-3-1-4-15(11-14)23-6-8-24(9-7-23)18(26)13-21-17(25)12-22-19(27)16-5-2-10-28-16/h1-5,10-11H,6-9,12-13H2,(H,21,25)(H,22,27). The van der Waals surface area contributed by atoms with Crippen molar-refractivity contribution in [3.8, 4) is 0 Å². The highest BCUT2D eigenvalue weighted by Gasteiger charge is 2.21. The molecule has 2 aromatic rings. The van der Waals surface area contributed by atoms with Crippen molar-refractivity contribution in [3.05, 3.63) is 51.7 Å². The number of thiophene rings is 1. The Hall–Kier alpha value is -2.58. The number of nitrogens with zero attached hydrogens (tertiary/aromatic N) is 2. The molecule has 3 rings (SSSR count). The van der Waals surface area contributed by atoms with Crippen LogP contribution in [0.4, 0.5) is 5.69 Å². The fourth-order valence-corrected chi connectivity index (χ4v) is 3.72. The summed E-state index contributed by atoms with van der Waals surface area (Å²) in [6, 6.07) is 11.1. The van der Waals surface area contributed by atoms with Crippen molar-refractivity contribution < 1.29 is 14.4 Å². The molecular weight excluding hydrogens is 400 g/mol. The fourth-order valence-electron chi connectivity index (χ4n) is 2.89. The van der Waals surface area contributed by atoms with Gasteiger partial charge in [-0.2, -0.15) is 0 Å². The van der Waals surface area contributed by atoms with Gasteiger partial charge in [-0.25, -0.2) is 0 Å². The Morgan fingerprint density at radius 1 is 1.00 bits per heavy atom. The highest BCUT2D eigenvalue weighted by molar-refractivity contribution is 7.12. The molecule has 1 aliphatic rings. The Balaban J connectivity index is 1.37. The molecule has 0 unspecified atom stereocenters. The van der Waals surface area contributed by atoms with Crippen LogP contribution in [0.2, 0.25) is 5.02 Å². The summed E-state index contributed by atoms with van der Waals surface area (Å²) in [5, 5.41) is 7.57. The quantitative estimate of drug-likeness (QED) is 0.743. The Labute approximate surface area is 172 Å². The SMILES string of the molecule is O=C(CNC(=O)c1cccs1)NCC(=O)N1CCN(c2cccc(Cl)c2)CC1. The zero-order valence-corrected chi connectivity index (χ0v) is 16.8. The molecule has 3 amide bonds. The van der Waals surface area contributed by atoms with Crippen LogP contribution >= 0.6 is 22.9 Å². The lowest BCUT2D eigenvalue weighted by Crippen LogP contribution is -2.51. The lowest BCUT2D eigenvalue weighted by atomic mass is 10.2. The van der Waals surface area contributed by atoms with Crippen LogP contribution in [-0.2, 0) is 9.59 Å². The summed E-state index contributed by atoms with van der Waals surface area (Å²) >= 11 is 7.33. The van der Waals surface area contributed by atoms with E-state index in [2.05, 4.69) is 15.5 Å². The first kappa shape index (κ1) is 20.2. The number of anilines is 1. The number of hydrogen-bond acceptors (Lipinski definition) is 5. The van der Waals surface area contributed by atoms with Crippen LogP contribution < -0.4 is 15.5 Å². The molecule has 1 aromatic heterocycles. The number of carbonyl (C=O) groups excluding carboxylic acids is 3. The number of hydrogen-bond donors (Lipinski definition) is 2. The topological polar surface area (TPSA) is 81.8 Å². The molecule has 0 saturated carbocycles. The third-order valence-electron chi connectivity index (χ3n) is 4.40. The molecule has 1 fully saturated rings. The largest absolute Gasteiger partial charge is 0.368 e. The van der Waals surface area contributed by atoms with E-state index < -0.39 is 5.91 Å². The normalized spacial score (nSPS) is 13.9. The molecule has 2 heterocycles. The maximum atomic E-state index is 12.3. The first-order valence-electron chi connectivity index (χ1n) is 8.89. The first-order valence-corrected chi connectivity index (χ1v) is 10.2. The van der Waals surface area contributed by atoms with E-state index in [9.17, 15) is 14.4 Å². The van der Waals surface area contributed by atoms with Gasteiger partial charge in [-0.05, 0) is 29.6 Å². The second-order valence-corrected chi connectivity index (χ2v) is 7.67. The number of halogens is 1. The van der Waals surface area contributed by atoms with E-state index in [1.165, 1.54) is 11.3 Å². The summed E-state index contributed by atoms with van der Waals surface area (Å²) in [5.41, 5.74) is 1.04. The van der Waals surface area contributed by atoms with Crippen molar-refractivity contribution in [1.29, 1.82) is 0 Å². The molecule has 7 nitrogen and oxygen atoms in total. The van der Waals surface area contributed by atoms with Crippen LogP contribution in [-0.4, -0.2) is 61.9 Å². The molecule has 9 heteroatoms. The molecule has 0 bridgehead atoms. The number of carbonyl (C=O) groups is 3. The van der Waals surface area contributed by atoms with Gasteiger partial charge in [0.1, 0.15) is 0 Å². The minimum Gasteiger partial charge on any atom is -0.368 e. The van der Waals surface area contributed by atoms with Crippen molar-refractivity contribution in [1.82, 2.24) is 15.5 Å². The minimum atomic E-state index is -0.393. The Kier molecular flexibility index (Phi) is 6.89. The van der Waals surface area contributed by atoms with Gasteiger partial charge in [0.25, 0.3) is 5.91 Å². The predicted molar refractivity (Wildman–Crippen MR) is 110 cm³/mol. The Morgan fingerprint density at radius 2 is 1.79 bits per heavy atom. The average molecular weight is 421 g/mol. The maximum absolute atomic E-state index is 12.3.